The van der Waals surface area contributed by atoms with Gasteiger partial charge in [-0.05, 0) is 52.9 Å². The van der Waals surface area contributed by atoms with Gasteiger partial charge in [-0.2, -0.15) is 0 Å². The molecule has 0 radical (unpaired) electrons. The minimum Gasteiger partial charge on any atom is -0.486 e. The monoisotopic (exact) mass is 381 g/mol. The van der Waals surface area contributed by atoms with Gasteiger partial charge < -0.3 is 14.5 Å². The summed E-state index contributed by atoms with van der Waals surface area (Å²) in [5.74, 6) is 0.881. The maximum atomic E-state index is 12.9. The van der Waals surface area contributed by atoms with Crippen LogP contribution in [0.25, 0.3) is 0 Å². The van der Waals surface area contributed by atoms with E-state index in [4.69, 9.17) is 9.15 Å². The normalized spacial score (nSPS) is 11.3. The minimum atomic E-state index is -0.329. The number of rotatable bonds is 6. The van der Waals surface area contributed by atoms with Gasteiger partial charge in [-0.15, -0.1) is 0 Å². The van der Waals surface area contributed by atoms with Crippen molar-refractivity contribution in [2.75, 3.05) is 0 Å². The van der Waals surface area contributed by atoms with Crippen LogP contribution < -0.4 is 10.1 Å². The molecule has 5 heteroatoms. The Hall–Kier alpha value is -3.08. The van der Waals surface area contributed by atoms with Crippen molar-refractivity contribution >= 4 is 5.91 Å². The second-order valence-corrected chi connectivity index (χ2v) is 7.64. The minimum absolute atomic E-state index is 0.0930. The fourth-order valence-electron chi connectivity index (χ4n) is 2.65. The molecule has 146 valence electrons. The van der Waals surface area contributed by atoms with Crippen LogP contribution in [0.1, 0.15) is 48.2 Å². The molecule has 0 saturated carbocycles. The smallest absolute Gasteiger partial charge is 0.287 e. The molecule has 0 aliphatic rings. The Morgan fingerprint density at radius 2 is 1.68 bits per heavy atom. The van der Waals surface area contributed by atoms with E-state index in [0.717, 1.165) is 11.3 Å². The third-order valence-corrected chi connectivity index (χ3v) is 4.35. The molecule has 0 bridgehead atoms. The number of hydrogen-bond donors (Lipinski definition) is 1. The van der Waals surface area contributed by atoms with Crippen LogP contribution in [0.3, 0.4) is 0 Å². The van der Waals surface area contributed by atoms with Crippen molar-refractivity contribution in [3.8, 4) is 5.75 Å². The zero-order chi connectivity index (χ0) is 20.1. The van der Waals surface area contributed by atoms with Gasteiger partial charge in [0.2, 0.25) is 0 Å². The molecule has 0 aliphatic carbocycles. The summed E-state index contributed by atoms with van der Waals surface area (Å²) in [5, 5.41) is 2.75. The average Bonchev–Trinajstić information content (AvgIpc) is 3.14. The highest BCUT2D eigenvalue weighted by Crippen LogP contribution is 2.24. The van der Waals surface area contributed by atoms with Gasteiger partial charge in [-0.3, -0.25) is 4.79 Å². The number of hydrogen-bond acceptors (Lipinski definition) is 3. The van der Waals surface area contributed by atoms with E-state index in [2.05, 4.69) is 26.1 Å². The molecule has 0 fully saturated rings. The highest BCUT2D eigenvalue weighted by molar-refractivity contribution is 5.91. The van der Waals surface area contributed by atoms with Crippen molar-refractivity contribution in [2.45, 2.75) is 39.3 Å². The molecule has 0 spiro atoms. The van der Waals surface area contributed by atoms with Gasteiger partial charge in [0.15, 0.2) is 5.76 Å². The lowest BCUT2D eigenvalue weighted by atomic mass is 9.87. The van der Waals surface area contributed by atoms with E-state index in [1.165, 1.54) is 17.7 Å². The Morgan fingerprint density at radius 1 is 1.00 bits per heavy atom. The predicted octanol–water partition coefficient (Wildman–Crippen LogP) is 5.23. The zero-order valence-corrected chi connectivity index (χ0v) is 16.3. The topological polar surface area (TPSA) is 51.5 Å². The van der Waals surface area contributed by atoms with E-state index < -0.39 is 0 Å². The Bertz CT molecular complexity index is 922. The summed E-state index contributed by atoms with van der Waals surface area (Å²) in [6.45, 7) is 7.02. The van der Waals surface area contributed by atoms with Gasteiger partial charge in [-0.1, -0.05) is 45.0 Å². The van der Waals surface area contributed by atoms with Crippen LogP contribution in [0.15, 0.2) is 65.1 Å². The molecule has 1 heterocycles. The van der Waals surface area contributed by atoms with Crippen LogP contribution >= 0.6 is 0 Å². The Balaban J connectivity index is 1.52. The molecule has 2 aromatic carbocycles. The second kappa shape index (κ2) is 8.30. The summed E-state index contributed by atoms with van der Waals surface area (Å²) in [4.78, 5) is 12.2. The van der Waals surface area contributed by atoms with E-state index in [1.807, 2.05) is 24.3 Å². The van der Waals surface area contributed by atoms with Gasteiger partial charge in [-0.25, -0.2) is 4.39 Å². The van der Waals surface area contributed by atoms with E-state index >= 15 is 0 Å². The van der Waals surface area contributed by atoms with Crippen molar-refractivity contribution in [3.05, 3.63) is 89.1 Å². The van der Waals surface area contributed by atoms with Crippen molar-refractivity contribution in [2.24, 2.45) is 0 Å². The third kappa shape index (κ3) is 5.22. The number of carbonyl (C=O) groups excluding carboxylic acids is 1. The maximum absolute atomic E-state index is 12.9. The van der Waals surface area contributed by atoms with Crippen LogP contribution in [-0.4, -0.2) is 5.91 Å². The molecular weight excluding hydrogens is 357 g/mol. The van der Waals surface area contributed by atoms with E-state index in [0.29, 0.717) is 12.3 Å². The van der Waals surface area contributed by atoms with Crippen LogP contribution in [0.5, 0.6) is 5.75 Å². The predicted molar refractivity (Wildman–Crippen MR) is 106 cm³/mol. The summed E-state index contributed by atoms with van der Waals surface area (Å²) in [5.41, 5.74) is 2.14. The van der Waals surface area contributed by atoms with Crippen LogP contribution in [0, 0.1) is 5.82 Å². The van der Waals surface area contributed by atoms with Gasteiger partial charge in [0.05, 0.1) is 0 Å². The number of benzene rings is 2. The molecular formula is C23H24FNO3. The molecule has 3 rings (SSSR count). The second-order valence-electron chi connectivity index (χ2n) is 7.64. The van der Waals surface area contributed by atoms with Crippen molar-refractivity contribution < 1.29 is 18.3 Å². The van der Waals surface area contributed by atoms with Gasteiger partial charge in [0.25, 0.3) is 5.91 Å². The lowest BCUT2D eigenvalue weighted by Crippen LogP contribution is -2.22. The maximum Gasteiger partial charge on any atom is 0.287 e. The largest absolute Gasteiger partial charge is 0.486 e. The van der Waals surface area contributed by atoms with E-state index in [-0.39, 0.29) is 29.5 Å². The fourth-order valence-corrected chi connectivity index (χ4v) is 2.65. The molecule has 0 unspecified atom stereocenters. The zero-order valence-electron chi connectivity index (χ0n) is 16.3. The number of nitrogens with one attached hydrogen (secondary N) is 1. The number of furan rings is 1. The quantitative estimate of drug-likeness (QED) is 0.636. The number of ether oxygens (including phenoxy) is 1. The molecule has 0 atom stereocenters. The number of halogens is 1. The van der Waals surface area contributed by atoms with Gasteiger partial charge in [0.1, 0.15) is 23.9 Å². The molecule has 0 aliphatic heterocycles. The molecule has 3 aromatic rings. The van der Waals surface area contributed by atoms with Gasteiger partial charge in [0, 0.05) is 6.54 Å². The van der Waals surface area contributed by atoms with Crippen molar-refractivity contribution in [1.82, 2.24) is 5.32 Å². The summed E-state index contributed by atoms with van der Waals surface area (Å²) >= 11 is 0. The SMILES string of the molecule is CC(C)(C)c1ccc(OCc2ccc(C(=O)NCc3ccc(F)cc3)o2)cc1. The Labute approximate surface area is 164 Å². The van der Waals surface area contributed by atoms with Crippen molar-refractivity contribution in [3.63, 3.8) is 0 Å². The van der Waals surface area contributed by atoms with E-state index in [1.54, 1.807) is 24.3 Å². The first kappa shape index (κ1) is 19.7. The first-order chi connectivity index (χ1) is 13.3. The summed E-state index contributed by atoms with van der Waals surface area (Å²) in [6.07, 6.45) is 0. The first-order valence-corrected chi connectivity index (χ1v) is 9.16. The molecule has 4 nitrogen and oxygen atoms in total. The highest BCUT2D eigenvalue weighted by atomic mass is 19.1. The third-order valence-electron chi connectivity index (χ3n) is 4.35. The molecule has 1 N–H and O–H groups in total. The van der Waals surface area contributed by atoms with Crippen LogP contribution in [0.2, 0.25) is 0 Å². The van der Waals surface area contributed by atoms with E-state index in [9.17, 15) is 9.18 Å². The van der Waals surface area contributed by atoms with Crippen LogP contribution in [-0.2, 0) is 18.6 Å². The fraction of sp³-hybridized carbons (Fsp3) is 0.261. The molecule has 1 amide bonds. The van der Waals surface area contributed by atoms with Crippen LogP contribution in [0.4, 0.5) is 4.39 Å². The molecule has 0 saturated heterocycles. The summed E-state index contributed by atoms with van der Waals surface area (Å²) < 4.78 is 24.2. The molecule has 1 aromatic heterocycles. The summed E-state index contributed by atoms with van der Waals surface area (Å²) in [7, 11) is 0. The lowest BCUT2D eigenvalue weighted by molar-refractivity contribution is 0.0919. The summed E-state index contributed by atoms with van der Waals surface area (Å²) in [6, 6.07) is 17.3. The Kier molecular flexibility index (Phi) is 5.83. The number of carbonyl (C=O) groups is 1. The average molecular weight is 381 g/mol. The lowest BCUT2D eigenvalue weighted by Gasteiger charge is -2.19. The van der Waals surface area contributed by atoms with Crippen molar-refractivity contribution in [1.29, 1.82) is 0 Å². The first-order valence-electron chi connectivity index (χ1n) is 9.16. The standard InChI is InChI=1S/C23H24FNO3/c1-23(2,3)17-6-10-19(11-7-17)27-15-20-12-13-21(28-20)22(26)25-14-16-4-8-18(24)9-5-16/h4-13H,14-15H2,1-3H3,(H,25,26). The number of amides is 1. The molecule has 28 heavy (non-hydrogen) atoms. The Morgan fingerprint density at radius 3 is 2.32 bits per heavy atom. The van der Waals surface area contributed by atoms with Gasteiger partial charge >= 0.3 is 0 Å². The highest BCUT2D eigenvalue weighted by Gasteiger charge is 2.14.